The highest BCUT2D eigenvalue weighted by Crippen LogP contribution is 2.48. The van der Waals surface area contributed by atoms with Gasteiger partial charge in [0.2, 0.25) is 18.5 Å². The van der Waals surface area contributed by atoms with Gasteiger partial charge in [0, 0.05) is 42.2 Å². The van der Waals surface area contributed by atoms with Gasteiger partial charge in [-0.1, -0.05) is 59.7 Å². The Morgan fingerprint density at radius 2 is 1.65 bits per heavy atom. The van der Waals surface area contributed by atoms with Gasteiger partial charge < -0.3 is 53.9 Å². The molecule has 2 fully saturated rings. The number of imidazole rings is 2. The minimum Gasteiger partial charge on any atom is -0.493 e. The van der Waals surface area contributed by atoms with Crippen LogP contribution in [-0.2, 0) is 14.3 Å². The van der Waals surface area contributed by atoms with Gasteiger partial charge in [-0.2, -0.15) is 0 Å². The molecule has 3 aliphatic heterocycles. The van der Waals surface area contributed by atoms with E-state index in [4.69, 9.17) is 23.9 Å². The highest BCUT2D eigenvalue weighted by molar-refractivity contribution is 5.93. The second-order valence-electron chi connectivity index (χ2n) is 20.1. The van der Waals surface area contributed by atoms with Crippen LogP contribution in [0.5, 0.6) is 11.5 Å². The van der Waals surface area contributed by atoms with E-state index in [1.807, 2.05) is 71.8 Å². The van der Waals surface area contributed by atoms with Crippen LogP contribution >= 0.6 is 0 Å². The normalized spacial score (nSPS) is 20.7. The van der Waals surface area contributed by atoms with Crippen molar-refractivity contribution in [3.63, 3.8) is 0 Å². The molecule has 19 heteroatoms. The lowest BCUT2D eigenvalue weighted by molar-refractivity contribution is -0.135. The Morgan fingerprint density at radius 3 is 2.35 bits per heavy atom. The maximum atomic E-state index is 17.0. The van der Waals surface area contributed by atoms with E-state index < -0.39 is 61.0 Å². The lowest BCUT2D eigenvalue weighted by Gasteiger charge is -2.37. The van der Waals surface area contributed by atoms with E-state index in [1.165, 1.54) is 31.4 Å². The largest absolute Gasteiger partial charge is 0.493 e. The van der Waals surface area contributed by atoms with E-state index in [1.54, 1.807) is 26.1 Å². The van der Waals surface area contributed by atoms with Gasteiger partial charge in [0.25, 0.3) is 0 Å². The number of methoxy groups -OCH3 is 2. The Labute approximate surface area is 417 Å². The fourth-order valence-electron chi connectivity index (χ4n) is 10.3. The smallest absolute Gasteiger partial charge is 0.407 e. The van der Waals surface area contributed by atoms with E-state index in [0.29, 0.717) is 59.2 Å². The van der Waals surface area contributed by atoms with Crippen molar-refractivity contribution in [2.75, 3.05) is 33.9 Å². The molecule has 0 bridgehead atoms. The van der Waals surface area contributed by atoms with Gasteiger partial charge in [-0.15, -0.1) is 0 Å². The van der Waals surface area contributed by atoms with Crippen molar-refractivity contribution in [2.45, 2.75) is 110 Å². The van der Waals surface area contributed by atoms with Crippen LogP contribution in [0.3, 0.4) is 0 Å². The predicted octanol–water partition coefficient (Wildman–Crippen LogP) is 8.19. The van der Waals surface area contributed by atoms with E-state index in [0.717, 1.165) is 40.6 Å². The van der Waals surface area contributed by atoms with E-state index in [9.17, 15) is 19.8 Å². The average Bonchev–Trinajstić information content (AvgIpc) is 4.23. The molecule has 384 valence electrons. The van der Waals surface area contributed by atoms with Gasteiger partial charge >= 0.3 is 6.09 Å². The summed E-state index contributed by atoms with van der Waals surface area (Å²) in [5.74, 6) is 0.963. The number of rotatable bonds is 17. The Morgan fingerprint density at radius 1 is 0.917 bits per heavy atom. The minimum atomic E-state index is -1.33. The molecule has 3 aromatic carbocycles. The molecule has 9 rings (SSSR count). The van der Waals surface area contributed by atoms with Crippen molar-refractivity contribution in [1.29, 1.82) is 0 Å². The number of amides is 2. The number of ether oxygens (including phenoxy) is 4. The maximum absolute atomic E-state index is 17.0. The SMILES string of the molecule is COC(=O)NC(C(=O)N1CC(F)CC1c1ncc(-c2cc(F)c3c(c2)OC(c2cccc(OCC(C)C)c2)n2c-3cc3cc(-c4cnc(C5CCCN5C(O)C(NC(O)OC)C(C)C)[nH]4)ccc32)[nH]1)C(C)C. The molecule has 0 radical (unpaired) electrons. The zero-order valence-corrected chi connectivity index (χ0v) is 41.9. The quantitative estimate of drug-likeness (QED) is 0.0479. The number of carbonyl (C=O) groups is 2. The fraction of sp³-hybridized carbons (Fsp3) is 0.472. The number of hydrogen-bond donors (Lipinski definition) is 6. The first kappa shape index (κ1) is 50.6. The molecule has 0 aliphatic carbocycles. The van der Waals surface area contributed by atoms with Crippen LogP contribution in [-0.4, -0.2) is 121 Å². The van der Waals surface area contributed by atoms with Crippen molar-refractivity contribution in [3.05, 3.63) is 96.1 Å². The summed E-state index contributed by atoms with van der Waals surface area (Å²) >= 11 is 0. The summed E-state index contributed by atoms with van der Waals surface area (Å²) in [6, 6.07) is 16.5. The van der Waals surface area contributed by atoms with Crippen LogP contribution in [0.2, 0.25) is 0 Å². The van der Waals surface area contributed by atoms with Crippen LogP contribution in [0.4, 0.5) is 13.6 Å². The summed E-state index contributed by atoms with van der Waals surface area (Å²) in [5, 5.41) is 28.2. The molecule has 3 aliphatic rings. The van der Waals surface area contributed by atoms with E-state index in [2.05, 4.69) is 39.4 Å². The molecule has 8 atom stereocenters. The van der Waals surface area contributed by atoms with Gasteiger partial charge in [-0.25, -0.2) is 23.5 Å². The maximum Gasteiger partial charge on any atom is 0.407 e. The molecule has 6 aromatic rings. The fourth-order valence-corrected chi connectivity index (χ4v) is 10.3. The van der Waals surface area contributed by atoms with Crippen molar-refractivity contribution >= 4 is 22.9 Å². The molecule has 72 heavy (non-hydrogen) atoms. The van der Waals surface area contributed by atoms with E-state index >= 15 is 8.78 Å². The number of benzene rings is 3. The number of H-pyrrole nitrogens is 2. The van der Waals surface area contributed by atoms with Gasteiger partial charge in [0.15, 0.2) is 0 Å². The number of aliphatic hydroxyl groups is 2. The Bertz CT molecular complexity index is 2900. The number of carbonyl (C=O) groups excluding carboxylic acids is 2. The van der Waals surface area contributed by atoms with Crippen molar-refractivity contribution in [2.24, 2.45) is 17.8 Å². The second-order valence-corrected chi connectivity index (χ2v) is 20.1. The number of fused-ring (bicyclic) bond motifs is 5. The summed E-state index contributed by atoms with van der Waals surface area (Å²) in [4.78, 5) is 45.5. The van der Waals surface area contributed by atoms with Crippen molar-refractivity contribution in [1.82, 2.24) is 44.9 Å². The third-order valence-electron chi connectivity index (χ3n) is 13.9. The number of alkyl halides is 1. The summed E-state index contributed by atoms with van der Waals surface area (Å²) in [5.41, 5.74) is 4.93. The number of halogens is 2. The summed E-state index contributed by atoms with van der Waals surface area (Å²) in [7, 11) is 2.61. The second kappa shape index (κ2) is 21.0. The first-order valence-corrected chi connectivity index (χ1v) is 24.7. The predicted molar refractivity (Wildman–Crippen MR) is 266 cm³/mol. The topological polar surface area (TPSA) is 204 Å². The molecule has 8 unspecified atom stereocenters. The molecule has 3 aromatic heterocycles. The van der Waals surface area contributed by atoms with Gasteiger partial charge in [-0.3, -0.25) is 15.0 Å². The number of aromatic nitrogens is 5. The molecule has 2 saturated heterocycles. The summed E-state index contributed by atoms with van der Waals surface area (Å²) in [6.07, 6.45) is -0.0311. The highest BCUT2D eigenvalue weighted by Gasteiger charge is 2.43. The third-order valence-corrected chi connectivity index (χ3v) is 13.9. The van der Waals surface area contributed by atoms with Crippen LogP contribution < -0.4 is 20.1 Å². The van der Waals surface area contributed by atoms with Gasteiger partial charge in [0.05, 0.1) is 78.9 Å². The van der Waals surface area contributed by atoms with E-state index in [-0.39, 0.29) is 36.4 Å². The molecule has 6 N–H and O–H groups in total. The molecule has 0 spiro atoms. The zero-order valence-electron chi connectivity index (χ0n) is 41.9. The average molecular weight is 994 g/mol. The van der Waals surface area contributed by atoms with Crippen LogP contribution in [0.1, 0.15) is 96.3 Å². The highest BCUT2D eigenvalue weighted by atomic mass is 19.1. The van der Waals surface area contributed by atoms with Crippen LogP contribution in [0, 0.1) is 23.6 Å². The molecular weight excluding hydrogens is 929 g/mol. The minimum absolute atomic E-state index is 0.0122. The zero-order chi connectivity index (χ0) is 51.1. The lowest BCUT2D eigenvalue weighted by Crippen LogP contribution is -2.55. The van der Waals surface area contributed by atoms with Crippen molar-refractivity contribution in [3.8, 4) is 45.3 Å². The number of hydrogen-bond acceptors (Lipinski definition) is 12. The standard InChI is InChI=1S/C53H65F2N9O8/c1-27(2)26-71-35-12-9-11-31(18-35)51-64-39-15-14-30(37-23-56-47(58-37)40-13-10-16-62(40)49(65)45(28(3)4)60-52(67)69-7)17-33(39)20-41(64)44-36(55)19-32(21-43(44)72-51)38-24-57-48(59-38)42-22-34(54)25-63(42)50(66)46(29(5)6)61-53(68)70-8/h9,11-12,14-15,17-21,23-24,27-29,34,40,42,45-46,49,51-52,60,65,67H,10,13,16,22,25-26H2,1-8H3,(H,56,58)(H,57,59)(H,61,68). The number of alkyl carbamates (subject to hydrolysis) is 1. The van der Waals surface area contributed by atoms with Crippen molar-refractivity contribution < 1.29 is 47.5 Å². The lowest BCUT2D eigenvalue weighted by atomic mass is 10.0. The van der Waals surface area contributed by atoms with Crippen LogP contribution in [0.15, 0.2) is 73.1 Å². The first-order valence-electron chi connectivity index (χ1n) is 24.7. The number of nitrogens with one attached hydrogen (secondary N) is 4. The summed E-state index contributed by atoms with van der Waals surface area (Å²) in [6.45, 7) is 12.7. The Balaban J connectivity index is 1.05. The number of nitrogens with zero attached hydrogens (tertiary/aromatic N) is 5. The van der Waals surface area contributed by atoms with Gasteiger partial charge in [0.1, 0.15) is 47.4 Å². The Kier molecular flexibility index (Phi) is 14.7. The monoisotopic (exact) mass is 993 g/mol. The molecule has 2 amide bonds. The first-order chi connectivity index (χ1) is 34.5. The molecule has 6 heterocycles. The number of aromatic amines is 2. The Hall–Kier alpha value is -6.38. The molecular formula is C53H65F2N9O8. The number of likely N-dealkylation sites (tertiary alicyclic amines) is 2. The molecule has 0 saturated carbocycles. The number of aliphatic hydroxyl groups excluding tert-OH is 2. The van der Waals surface area contributed by atoms with Crippen LogP contribution in [0.25, 0.3) is 44.7 Å². The van der Waals surface area contributed by atoms with Gasteiger partial charge in [-0.05, 0) is 73.1 Å². The third kappa shape index (κ3) is 10.0. The summed E-state index contributed by atoms with van der Waals surface area (Å²) < 4.78 is 57.0. The molecule has 17 nitrogen and oxygen atoms in total.